The van der Waals surface area contributed by atoms with Gasteiger partial charge in [-0.2, -0.15) is 0 Å². The van der Waals surface area contributed by atoms with E-state index in [4.69, 9.17) is 10.2 Å². The number of rotatable bonds is 3. The quantitative estimate of drug-likeness (QED) is 0.714. The summed E-state index contributed by atoms with van der Waals surface area (Å²) < 4.78 is 0. The van der Waals surface area contributed by atoms with E-state index in [9.17, 15) is 0 Å². The number of aliphatic hydroxyl groups is 1. The first-order valence-electron chi connectivity index (χ1n) is 4.60. The lowest BCUT2D eigenvalue weighted by atomic mass is 9.96. The highest BCUT2D eigenvalue weighted by molar-refractivity contribution is 5.32. The topological polar surface area (TPSA) is 40.5 Å². The monoisotopic (exact) mass is 190 g/mol. The molecule has 0 aromatic heterocycles. The van der Waals surface area contributed by atoms with Crippen LogP contribution >= 0.6 is 0 Å². The number of phenols is 1. The van der Waals surface area contributed by atoms with Crippen molar-refractivity contribution in [2.24, 2.45) is 0 Å². The van der Waals surface area contributed by atoms with Crippen LogP contribution in [0.5, 0.6) is 5.75 Å². The number of hydrogen-bond acceptors (Lipinski definition) is 2. The second-order valence-electron chi connectivity index (χ2n) is 3.05. The van der Waals surface area contributed by atoms with Gasteiger partial charge >= 0.3 is 0 Å². The molecule has 0 saturated heterocycles. The van der Waals surface area contributed by atoms with Crippen LogP contribution in [0.25, 0.3) is 0 Å². The molecule has 1 aromatic rings. The molecule has 0 spiro atoms. The van der Waals surface area contributed by atoms with Gasteiger partial charge in [-0.3, -0.25) is 0 Å². The molecular weight excluding hydrogens is 176 g/mol. The maximum atomic E-state index is 9.11. The maximum Gasteiger partial charge on any atom is 0.115 e. The molecule has 0 amide bonds. The largest absolute Gasteiger partial charge is 0.508 e. The molecular formula is C12H14O2. The first kappa shape index (κ1) is 10.6. The lowest BCUT2D eigenvalue weighted by Crippen LogP contribution is -1.98. The third-order valence-electron chi connectivity index (χ3n) is 2.03. The Labute approximate surface area is 84.2 Å². The summed E-state index contributed by atoms with van der Waals surface area (Å²) >= 11 is 0. The minimum absolute atomic E-state index is 0.0607. The van der Waals surface area contributed by atoms with Crippen molar-refractivity contribution in [3.05, 3.63) is 29.8 Å². The van der Waals surface area contributed by atoms with Crippen molar-refractivity contribution in [2.45, 2.75) is 19.3 Å². The summed E-state index contributed by atoms with van der Waals surface area (Å²) in [7, 11) is 0. The minimum atomic E-state index is 0.0607. The molecule has 1 rings (SSSR count). The molecule has 0 bridgehead atoms. The van der Waals surface area contributed by atoms with Crippen molar-refractivity contribution >= 4 is 0 Å². The van der Waals surface area contributed by atoms with Crippen LogP contribution < -0.4 is 0 Å². The zero-order chi connectivity index (χ0) is 10.4. The maximum absolute atomic E-state index is 9.11. The third-order valence-corrected chi connectivity index (χ3v) is 2.03. The standard InChI is InChI=1S/C12H14O2/c1-2-3-10(8-9-13)11-4-6-12(14)7-5-11/h4-7,10,13-14H,8-9H2,1H3/t10-/m0/s1. The summed E-state index contributed by atoms with van der Waals surface area (Å²) in [6, 6.07) is 6.94. The first-order chi connectivity index (χ1) is 6.77. The molecule has 0 aliphatic carbocycles. The fourth-order valence-electron chi connectivity index (χ4n) is 1.33. The van der Waals surface area contributed by atoms with E-state index in [0.29, 0.717) is 6.42 Å². The van der Waals surface area contributed by atoms with Gasteiger partial charge in [0.2, 0.25) is 0 Å². The Morgan fingerprint density at radius 1 is 1.29 bits per heavy atom. The van der Waals surface area contributed by atoms with Crippen LogP contribution in [0.1, 0.15) is 24.8 Å². The van der Waals surface area contributed by atoms with E-state index in [1.807, 2.05) is 12.1 Å². The SMILES string of the molecule is CC#C[C@@H](CCO)c1ccc(O)cc1. The highest BCUT2D eigenvalue weighted by atomic mass is 16.3. The fraction of sp³-hybridized carbons (Fsp3) is 0.333. The van der Waals surface area contributed by atoms with Crippen LogP contribution in [-0.4, -0.2) is 16.8 Å². The van der Waals surface area contributed by atoms with Crippen molar-refractivity contribution in [1.29, 1.82) is 0 Å². The predicted molar refractivity (Wildman–Crippen MR) is 56.0 cm³/mol. The minimum Gasteiger partial charge on any atom is -0.508 e. The van der Waals surface area contributed by atoms with Gasteiger partial charge in [-0.1, -0.05) is 18.1 Å². The van der Waals surface area contributed by atoms with Crippen LogP contribution in [0.4, 0.5) is 0 Å². The third kappa shape index (κ3) is 2.79. The number of phenolic OH excluding ortho intramolecular Hbond substituents is 1. The second-order valence-corrected chi connectivity index (χ2v) is 3.05. The lowest BCUT2D eigenvalue weighted by Gasteiger charge is -2.08. The Morgan fingerprint density at radius 2 is 1.93 bits per heavy atom. The van der Waals surface area contributed by atoms with Gasteiger partial charge in [-0.05, 0) is 31.0 Å². The van der Waals surface area contributed by atoms with E-state index in [1.165, 1.54) is 0 Å². The van der Waals surface area contributed by atoms with Crippen molar-refractivity contribution in [3.63, 3.8) is 0 Å². The first-order valence-corrected chi connectivity index (χ1v) is 4.60. The van der Waals surface area contributed by atoms with Gasteiger partial charge in [-0.15, -0.1) is 5.92 Å². The molecule has 0 aliphatic rings. The van der Waals surface area contributed by atoms with Gasteiger partial charge in [0.1, 0.15) is 5.75 Å². The van der Waals surface area contributed by atoms with Gasteiger partial charge in [-0.25, -0.2) is 0 Å². The second kappa shape index (κ2) is 5.31. The molecule has 2 N–H and O–H groups in total. The molecule has 0 aliphatic heterocycles. The molecule has 2 heteroatoms. The van der Waals surface area contributed by atoms with Gasteiger partial charge < -0.3 is 10.2 Å². The van der Waals surface area contributed by atoms with Crippen molar-refractivity contribution in [3.8, 4) is 17.6 Å². The Morgan fingerprint density at radius 3 is 2.43 bits per heavy atom. The van der Waals surface area contributed by atoms with Gasteiger partial charge in [0.15, 0.2) is 0 Å². The van der Waals surface area contributed by atoms with Crippen LogP contribution in [0.2, 0.25) is 0 Å². The molecule has 1 atom stereocenters. The van der Waals surface area contributed by atoms with Crippen LogP contribution in [0.3, 0.4) is 0 Å². The van der Waals surface area contributed by atoms with Gasteiger partial charge in [0, 0.05) is 12.5 Å². The Hall–Kier alpha value is -1.46. The summed E-state index contributed by atoms with van der Waals surface area (Å²) in [6.07, 6.45) is 0.631. The summed E-state index contributed by atoms with van der Waals surface area (Å²) in [6.45, 7) is 1.91. The Balaban J connectivity index is 2.85. The highest BCUT2D eigenvalue weighted by Gasteiger charge is 2.06. The van der Waals surface area contributed by atoms with E-state index in [2.05, 4.69) is 11.8 Å². The van der Waals surface area contributed by atoms with Crippen LogP contribution in [0, 0.1) is 11.8 Å². The lowest BCUT2D eigenvalue weighted by molar-refractivity contribution is 0.284. The average molecular weight is 190 g/mol. The summed E-state index contributed by atoms with van der Waals surface area (Å²) in [4.78, 5) is 0. The summed E-state index contributed by atoms with van der Waals surface area (Å²) in [5.74, 6) is 6.18. The summed E-state index contributed by atoms with van der Waals surface area (Å²) in [5.41, 5.74) is 1.03. The molecule has 0 saturated carbocycles. The molecule has 1 aromatic carbocycles. The molecule has 14 heavy (non-hydrogen) atoms. The molecule has 0 fully saturated rings. The highest BCUT2D eigenvalue weighted by Crippen LogP contribution is 2.20. The number of hydrogen-bond donors (Lipinski definition) is 2. The smallest absolute Gasteiger partial charge is 0.115 e. The average Bonchev–Trinajstić information content (AvgIpc) is 2.19. The van der Waals surface area contributed by atoms with Gasteiger partial charge in [0.25, 0.3) is 0 Å². The molecule has 0 heterocycles. The zero-order valence-electron chi connectivity index (χ0n) is 8.20. The molecule has 0 unspecified atom stereocenters. The number of aliphatic hydroxyl groups excluding tert-OH is 1. The van der Waals surface area contributed by atoms with E-state index in [-0.39, 0.29) is 18.3 Å². The molecule has 2 nitrogen and oxygen atoms in total. The summed E-state index contributed by atoms with van der Waals surface area (Å²) in [5, 5.41) is 18.0. The van der Waals surface area contributed by atoms with Crippen LogP contribution in [-0.2, 0) is 0 Å². The Kier molecular flexibility index (Phi) is 4.03. The van der Waals surface area contributed by atoms with Crippen LogP contribution in [0.15, 0.2) is 24.3 Å². The van der Waals surface area contributed by atoms with E-state index < -0.39 is 0 Å². The predicted octanol–water partition coefficient (Wildman–Crippen LogP) is 1.88. The fourth-order valence-corrected chi connectivity index (χ4v) is 1.33. The van der Waals surface area contributed by atoms with Crippen molar-refractivity contribution in [2.75, 3.05) is 6.61 Å². The van der Waals surface area contributed by atoms with E-state index in [1.54, 1.807) is 19.1 Å². The van der Waals surface area contributed by atoms with Crippen molar-refractivity contribution in [1.82, 2.24) is 0 Å². The zero-order valence-corrected chi connectivity index (χ0v) is 8.20. The van der Waals surface area contributed by atoms with E-state index >= 15 is 0 Å². The Bertz CT molecular complexity index is 330. The molecule has 0 radical (unpaired) electrons. The number of benzene rings is 1. The molecule has 74 valence electrons. The number of aromatic hydroxyl groups is 1. The van der Waals surface area contributed by atoms with Gasteiger partial charge in [0.05, 0.1) is 0 Å². The normalized spacial score (nSPS) is 11.6. The van der Waals surface area contributed by atoms with Crippen molar-refractivity contribution < 1.29 is 10.2 Å². The van der Waals surface area contributed by atoms with E-state index in [0.717, 1.165) is 5.56 Å².